The topological polar surface area (TPSA) is 35.0 Å². The molecule has 0 N–H and O–H groups in total. The van der Waals surface area contributed by atoms with Gasteiger partial charge in [0.15, 0.2) is 0 Å². The Labute approximate surface area is 119 Å². The fraction of sp³-hybridized carbons (Fsp3) is 0.176. The summed E-state index contributed by atoms with van der Waals surface area (Å²) >= 11 is 0. The lowest BCUT2D eigenvalue weighted by molar-refractivity contribution is 0.415. The van der Waals surface area contributed by atoms with E-state index in [4.69, 9.17) is 4.74 Å². The number of rotatable bonds is 4. The Kier molecular flexibility index (Phi) is 4.31. The third kappa shape index (κ3) is 2.94. The van der Waals surface area contributed by atoms with Crippen LogP contribution in [0.4, 0.5) is 0 Å². The van der Waals surface area contributed by atoms with Crippen LogP contribution in [0.5, 0.6) is 5.75 Å². The van der Waals surface area contributed by atoms with E-state index in [2.05, 4.69) is 16.5 Å². The lowest BCUT2D eigenvalue weighted by Gasteiger charge is -2.08. The summed E-state index contributed by atoms with van der Waals surface area (Å²) in [4.78, 5) is 8.67. The molecule has 0 aliphatic rings. The monoisotopic (exact) mass is 266 g/mol. The molecule has 0 amide bonds. The summed E-state index contributed by atoms with van der Waals surface area (Å²) in [5.74, 6) is 0.814. The first-order valence-electron chi connectivity index (χ1n) is 6.44. The Morgan fingerprint density at radius 3 is 2.70 bits per heavy atom. The van der Waals surface area contributed by atoms with E-state index >= 15 is 0 Å². The van der Waals surface area contributed by atoms with Crippen molar-refractivity contribution in [1.29, 1.82) is 0 Å². The minimum atomic E-state index is 0.814. The molecule has 1 aromatic carbocycles. The Balaban J connectivity index is 2.46. The Hall–Kier alpha value is -2.42. The quantitative estimate of drug-likeness (QED) is 0.780. The summed E-state index contributed by atoms with van der Waals surface area (Å²) < 4.78 is 5.24. The van der Waals surface area contributed by atoms with Crippen LogP contribution in [0.2, 0.25) is 0 Å². The summed E-state index contributed by atoms with van der Waals surface area (Å²) in [7, 11) is 1.66. The summed E-state index contributed by atoms with van der Waals surface area (Å²) in [6.07, 6.45) is 3.59. The molecule has 0 radical (unpaired) electrons. The maximum Gasteiger partial charge on any atom is 0.119 e. The molecule has 0 aliphatic heterocycles. The van der Waals surface area contributed by atoms with Crippen molar-refractivity contribution in [2.75, 3.05) is 7.11 Å². The fourth-order valence-corrected chi connectivity index (χ4v) is 2.06. The van der Waals surface area contributed by atoms with E-state index in [0.717, 1.165) is 33.8 Å². The molecule has 1 heterocycles. The van der Waals surface area contributed by atoms with Gasteiger partial charge in [0.05, 0.1) is 18.5 Å². The molecule has 0 aliphatic carbocycles. The van der Waals surface area contributed by atoms with Gasteiger partial charge in [0.25, 0.3) is 0 Å². The minimum Gasteiger partial charge on any atom is -0.497 e. The predicted octanol–water partition coefficient (Wildman–Crippen LogP) is 4.13. The van der Waals surface area contributed by atoms with Gasteiger partial charge in [-0.1, -0.05) is 24.8 Å². The third-order valence-corrected chi connectivity index (χ3v) is 3.06. The standard InChI is InChI=1S/C17H18N2O/c1-5-15(12(2)3)17-10-16(18-11-19-17)13-7-6-8-14(9-13)20-4/h5-11H,2H2,1,3-4H3/b15-5-. The number of methoxy groups -OCH3 is 1. The van der Waals surface area contributed by atoms with Crippen molar-refractivity contribution in [2.45, 2.75) is 13.8 Å². The molecule has 1 aromatic heterocycles. The van der Waals surface area contributed by atoms with Gasteiger partial charge in [-0.3, -0.25) is 0 Å². The molecular formula is C17H18N2O. The second-order valence-corrected chi connectivity index (χ2v) is 4.50. The van der Waals surface area contributed by atoms with Crippen LogP contribution in [-0.2, 0) is 0 Å². The van der Waals surface area contributed by atoms with Crippen molar-refractivity contribution in [3.63, 3.8) is 0 Å². The largest absolute Gasteiger partial charge is 0.497 e. The highest BCUT2D eigenvalue weighted by Gasteiger charge is 2.07. The van der Waals surface area contributed by atoms with E-state index in [9.17, 15) is 0 Å². The molecule has 0 saturated heterocycles. The Bertz CT molecular complexity index is 660. The number of aromatic nitrogens is 2. The molecule has 0 spiro atoms. The molecule has 0 unspecified atom stereocenters. The van der Waals surface area contributed by atoms with Gasteiger partial charge in [0.1, 0.15) is 12.1 Å². The van der Waals surface area contributed by atoms with Crippen LogP contribution in [0.25, 0.3) is 16.8 Å². The molecule has 0 bridgehead atoms. The van der Waals surface area contributed by atoms with Gasteiger partial charge in [-0.2, -0.15) is 0 Å². The van der Waals surface area contributed by atoms with Gasteiger partial charge >= 0.3 is 0 Å². The number of benzene rings is 1. The van der Waals surface area contributed by atoms with E-state index < -0.39 is 0 Å². The fourth-order valence-electron chi connectivity index (χ4n) is 2.06. The number of hydrogen-bond acceptors (Lipinski definition) is 3. The maximum atomic E-state index is 5.24. The summed E-state index contributed by atoms with van der Waals surface area (Å²) in [6.45, 7) is 7.94. The maximum absolute atomic E-state index is 5.24. The van der Waals surface area contributed by atoms with Gasteiger partial charge in [0, 0.05) is 5.56 Å². The van der Waals surface area contributed by atoms with Crippen molar-refractivity contribution < 1.29 is 4.74 Å². The molecule has 0 saturated carbocycles. The van der Waals surface area contributed by atoms with Crippen molar-refractivity contribution in [3.8, 4) is 17.0 Å². The van der Waals surface area contributed by atoms with Crippen molar-refractivity contribution in [2.24, 2.45) is 0 Å². The molecule has 102 valence electrons. The van der Waals surface area contributed by atoms with Crippen LogP contribution in [-0.4, -0.2) is 17.1 Å². The van der Waals surface area contributed by atoms with E-state index in [1.54, 1.807) is 13.4 Å². The summed E-state index contributed by atoms with van der Waals surface area (Å²) in [5.41, 5.74) is 4.78. The number of hydrogen-bond donors (Lipinski definition) is 0. The van der Waals surface area contributed by atoms with E-state index in [1.165, 1.54) is 0 Å². The molecular weight excluding hydrogens is 248 g/mol. The van der Waals surface area contributed by atoms with Crippen LogP contribution < -0.4 is 4.74 Å². The first-order chi connectivity index (χ1) is 9.65. The average Bonchev–Trinajstić information content (AvgIpc) is 2.48. The van der Waals surface area contributed by atoms with Crippen molar-refractivity contribution >= 4 is 5.57 Å². The van der Waals surface area contributed by atoms with Gasteiger partial charge in [0.2, 0.25) is 0 Å². The molecule has 0 atom stereocenters. The van der Waals surface area contributed by atoms with E-state index in [1.807, 2.05) is 50.3 Å². The number of ether oxygens (including phenoxy) is 1. The molecule has 2 rings (SSSR count). The lowest BCUT2D eigenvalue weighted by Crippen LogP contribution is -1.94. The van der Waals surface area contributed by atoms with E-state index in [0.29, 0.717) is 0 Å². The second-order valence-electron chi connectivity index (χ2n) is 4.50. The van der Waals surface area contributed by atoms with Gasteiger partial charge < -0.3 is 4.74 Å². The van der Waals surface area contributed by atoms with Gasteiger partial charge in [-0.15, -0.1) is 0 Å². The van der Waals surface area contributed by atoms with Crippen LogP contribution in [0.15, 0.2) is 54.9 Å². The molecule has 2 aromatic rings. The molecule has 20 heavy (non-hydrogen) atoms. The van der Waals surface area contributed by atoms with Crippen molar-refractivity contribution in [3.05, 3.63) is 60.6 Å². The van der Waals surface area contributed by atoms with Crippen LogP contribution >= 0.6 is 0 Å². The summed E-state index contributed by atoms with van der Waals surface area (Å²) in [6, 6.07) is 9.80. The summed E-state index contributed by atoms with van der Waals surface area (Å²) in [5, 5.41) is 0. The smallest absolute Gasteiger partial charge is 0.119 e. The zero-order chi connectivity index (χ0) is 14.5. The van der Waals surface area contributed by atoms with Gasteiger partial charge in [-0.25, -0.2) is 9.97 Å². The zero-order valence-corrected chi connectivity index (χ0v) is 12.1. The predicted molar refractivity (Wildman–Crippen MR) is 82.5 cm³/mol. The van der Waals surface area contributed by atoms with Crippen LogP contribution in [0.3, 0.4) is 0 Å². The number of nitrogens with zero attached hydrogens (tertiary/aromatic N) is 2. The number of allylic oxidation sites excluding steroid dienone is 3. The highest BCUT2D eigenvalue weighted by molar-refractivity contribution is 5.77. The van der Waals surface area contributed by atoms with Crippen molar-refractivity contribution in [1.82, 2.24) is 9.97 Å². The van der Waals surface area contributed by atoms with Crippen LogP contribution in [0.1, 0.15) is 19.5 Å². The second kappa shape index (κ2) is 6.15. The average molecular weight is 266 g/mol. The molecule has 3 nitrogen and oxygen atoms in total. The molecule has 3 heteroatoms. The zero-order valence-electron chi connectivity index (χ0n) is 12.1. The minimum absolute atomic E-state index is 0.814. The van der Waals surface area contributed by atoms with Crippen LogP contribution in [0, 0.1) is 0 Å². The Morgan fingerprint density at radius 1 is 1.25 bits per heavy atom. The SMILES string of the molecule is C=C(C)/C(=C/C)c1cc(-c2cccc(OC)c2)ncn1. The Morgan fingerprint density at radius 2 is 2.05 bits per heavy atom. The third-order valence-electron chi connectivity index (χ3n) is 3.06. The molecule has 0 fully saturated rings. The highest BCUT2D eigenvalue weighted by atomic mass is 16.5. The lowest BCUT2D eigenvalue weighted by atomic mass is 10.0. The van der Waals surface area contributed by atoms with Gasteiger partial charge in [-0.05, 0) is 43.2 Å². The normalized spacial score (nSPS) is 11.2. The first-order valence-corrected chi connectivity index (χ1v) is 6.44. The first kappa shape index (κ1) is 14.0. The van der Waals surface area contributed by atoms with E-state index in [-0.39, 0.29) is 0 Å². The highest BCUT2D eigenvalue weighted by Crippen LogP contribution is 2.25.